The lowest BCUT2D eigenvalue weighted by atomic mass is 10.1. The molecular formula is C17H18O5. The molecule has 0 fully saturated rings. The van der Waals surface area contributed by atoms with Crippen molar-refractivity contribution < 1.29 is 24.1 Å². The first-order valence-corrected chi connectivity index (χ1v) is 6.81. The quantitative estimate of drug-likeness (QED) is 0.678. The smallest absolute Gasteiger partial charge is 0.489 e. The summed E-state index contributed by atoms with van der Waals surface area (Å²) in [6, 6.07) is 12.7. The van der Waals surface area contributed by atoms with Crippen LogP contribution in [0.3, 0.4) is 0 Å². The van der Waals surface area contributed by atoms with E-state index >= 15 is 0 Å². The molecule has 0 aliphatic rings. The van der Waals surface area contributed by atoms with E-state index in [1.807, 2.05) is 31.2 Å². The molecule has 0 amide bonds. The van der Waals surface area contributed by atoms with Gasteiger partial charge in [-0.2, -0.15) is 0 Å². The van der Waals surface area contributed by atoms with Crippen LogP contribution in [0.15, 0.2) is 42.5 Å². The van der Waals surface area contributed by atoms with Crippen LogP contribution in [-0.4, -0.2) is 18.4 Å². The van der Waals surface area contributed by atoms with Gasteiger partial charge in [-0.15, -0.1) is 0 Å². The molecule has 0 aliphatic heterocycles. The highest BCUT2D eigenvalue weighted by Crippen LogP contribution is 2.25. The Bertz CT molecular complexity index is 634. The van der Waals surface area contributed by atoms with Gasteiger partial charge in [0.1, 0.15) is 18.1 Å². The van der Waals surface area contributed by atoms with Gasteiger partial charge in [-0.05, 0) is 30.7 Å². The Labute approximate surface area is 129 Å². The normalized spacial score (nSPS) is 10.1. The number of hydrogen-bond acceptors (Lipinski definition) is 5. The summed E-state index contributed by atoms with van der Waals surface area (Å²) in [5, 5.41) is 9.44. The zero-order valence-corrected chi connectivity index (χ0v) is 12.5. The van der Waals surface area contributed by atoms with Crippen LogP contribution in [0.4, 0.5) is 4.79 Å². The standard InChI is InChI=1S/C17H18O5/c1-12-6-8-14(9-7-12)21-11-15-13(10-18)4-3-5-16(15)22-17(19)20-2/h3-9,18H,10-11H2,1-2H3. The number of methoxy groups -OCH3 is 1. The summed E-state index contributed by atoms with van der Waals surface area (Å²) in [5.74, 6) is 1.01. The molecule has 2 aromatic carbocycles. The Hall–Kier alpha value is -2.53. The van der Waals surface area contributed by atoms with Crippen molar-refractivity contribution in [1.82, 2.24) is 0 Å². The summed E-state index contributed by atoms with van der Waals surface area (Å²) in [6.07, 6.45) is -0.813. The highest BCUT2D eigenvalue weighted by Gasteiger charge is 2.13. The van der Waals surface area contributed by atoms with Gasteiger partial charge in [-0.3, -0.25) is 0 Å². The zero-order valence-electron chi connectivity index (χ0n) is 12.5. The first kappa shape index (κ1) is 15.9. The molecule has 0 radical (unpaired) electrons. The van der Waals surface area contributed by atoms with Crippen LogP contribution >= 0.6 is 0 Å². The summed E-state index contributed by atoms with van der Waals surface area (Å²) >= 11 is 0. The lowest BCUT2D eigenvalue weighted by Gasteiger charge is -2.14. The van der Waals surface area contributed by atoms with Crippen LogP contribution in [0.25, 0.3) is 0 Å². The van der Waals surface area contributed by atoms with Gasteiger partial charge in [0.15, 0.2) is 0 Å². The maximum absolute atomic E-state index is 11.3. The average Bonchev–Trinajstić information content (AvgIpc) is 2.54. The van der Waals surface area contributed by atoms with Crippen molar-refractivity contribution in [3.8, 4) is 11.5 Å². The minimum atomic E-state index is -0.813. The molecule has 2 rings (SSSR count). The second kappa shape index (κ2) is 7.47. The molecule has 0 spiro atoms. The monoisotopic (exact) mass is 302 g/mol. The third-order valence-corrected chi connectivity index (χ3v) is 3.16. The fourth-order valence-corrected chi connectivity index (χ4v) is 1.94. The van der Waals surface area contributed by atoms with Crippen LogP contribution in [0.1, 0.15) is 16.7 Å². The van der Waals surface area contributed by atoms with E-state index in [0.29, 0.717) is 22.6 Å². The maximum atomic E-state index is 11.3. The minimum Gasteiger partial charge on any atom is -0.489 e. The van der Waals surface area contributed by atoms with E-state index in [0.717, 1.165) is 5.56 Å². The predicted molar refractivity (Wildman–Crippen MR) is 80.9 cm³/mol. The minimum absolute atomic E-state index is 0.173. The van der Waals surface area contributed by atoms with E-state index in [9.17, 15) is 9.90 Å². The Kier molecular flexibility index (Phi) is 5.38. The van der Waals surface area contributed by atoms with Crippen molar-refractivity contribution in [2.24, 2.45) is 0 Å². The molecule has 0 saturated carbocycles. The lowest BCUT2D eigenvalue weighted by Crippen LogP contribution is -2.11. The summed E-state index contributed by atoms with van der Waals surface area (Å²) in [6.45, 7) is 1.99. The Morgan fingerprint density at radius 3 is 2.50 bits per heavy atom. The van der Waals surface area contributed by atoms with Crippen molar-refractivity contribution in [1.29, 1.82) is 0 Å². The summed E-state index contributed by atoms with van der Waals surface area (Å²) < 4.78 is 15.3. The molecule has 0 aromatic heterocycles. The fourth-order valence-electron chi connectivity index (χ4n) is 1.94. The van der Waals surface area contributed by atoms with Gasteiger partial charge in [-0.1, -0.05) is 29.8 Å². The van der Waals surface area contributed by atoms with Crippen molar-refractivity contribution in [3.05, 3.63) is 59.2 Å². The average molecular weight is 302 g/mol. The number of aryl methyl sites for hydroxylation is 1. The van der Waals surface area contributed by atoms with E-state index < -0.39 is 6.16 Å². The van der Waals surface area contributed by atoms with Crippen molar-refractivity contribution in [3.63, 3.8) is 0 Å². The molecule has 2 aromatic rings. The maximum Gasteiger partial charge on any atom is 0.513 e. The molecule has 5 nitrogen and oxygen atoms in total. The van der Waals surface area contributed by atoms with Gasteiger partial charge in [-0.25, -0.2) is 4.79 Å². The Morgan fingerprint density at radius 2 is 1.86 bits per heavy atom. The van der Waals surface area contributed by atoms with Gasteiger partial charge in [0.25, 0.3) is 0 Å². The van der Waals surface area contributed by atoms with Gasteiger partial charge in [0.2, 0.25) is 0 Å². The zero-order chi connectivity index (χ0) is 15.9. The molecular weight excluding hydrogens is 284 g/mol. The van der Waals surface area contributed by atoms with Gasteiger partial charge in [0.05, 0.1) is 13.7 Å². The third-order valence-electron chi connectivity index (χ3n) is 3.16. The van der Waals surface area contributed by atoms with Crippen LogP contribution in [-0.2, 0) is 18.0 Å². The molecule has 0 aliphatic carbocycles. The first-order chi connectivity index (χ1) is 10.6. The largest absolute Gasteiger partial charge is 0.513 e. The molecule has 1 N–H and O–H groups in total. The highest BCUT2D eigenvalue weighted by molar-refractivity contribution is 5.64. The van der Waals surface area contributed by atoms with Crippen molar-refractivity contribution in [2.75, 3.05) is 7.11 Å². The van der Waals surface area contributed by atoms with E-state index in [1.165, 1.54) is 7.11 Å². The third kappa shape index (κ3) is 3.99. The number of carbonyl (C=O) groups is 1. The summed E-state index contributed by atoms with van der Waals surface area (Å²) in [5.41, 5.74) is 2.38. The molecule has 5 heteroatoms. The SMILES string of the molecule is COC(=O)Oc1cccc(CO)c1COc1ccc(C)cc1. The van der Waals surface area contributed by atoms with Gasteiger partial charge < -0.3 is 19.3 Å². The molecule has 0 saturated heterocycles. The van der Waals surface area contributed by atoms with E-state index in [-0.39, 0.29) is 13.2 Å². The van der Waals surface area contributed by atoms with Gasteiger partial charge in [0, 0.05) is 5.56 Å². The summed E-state index contributed by atoms with van der Waals surface area (Å²) in [7, 11) is 1.24. The molecule has 0 atom stereocenters. The van der Waals surface area contributed by atoms with Crippen LogP contribution in [0, 0.1) is 6.92 Å². The topological polar surface area (TPSA) is 65.0 Å². The lowest BCUT2D eigenvalue weighted by molar-refractivity contribution is 0.120. The van der Waals surface area contributed by atoms with Gasteiger partial charge >= 0.3 is 6.16 Å². The van der Waals surface area contributed by atoms with Crippen LogP contribution in [0.2, 0.25) is 0 Å². The number of aliphatic hydroxyl groups excluding tert-OH is 1. The number of carbonyl (C=O) groups excluding carboxylic acids is 1. The highest BCUT2D eigenvalue weighted by atomic mass is 16.7. The van der Waals surface area contributed by atoms with E-state index in [2.05, 4.69) is 4.74 Å². The molecule has 116 valence electrons. The Morgan fingerprint density at radius 1 is 1.14 bits per heavy atom. The molecule has 0 unspecified atom stereocenters. The molecule has 0 bridgehead atoms. The van der Waals surface area contributed by atoms with Crippen molar-refractivity contribution in [2.45, 2.75) is 20.1 Å². The van der Waals surface area contributed by atoms with Crippen LogP contribution in [0.5, 0.6) is 11.5 Å². The van der Waals surface area contributed by atoms with E-state index in [4.69, 9.17) is 9.47 Å². The number of hydrogen-bond donors (Lipinski definition) is 1. The fraction of sp³-hybridized carbons (Fsp3) is 0.235. The molecule has 0 heterocycles. The molecule has 22 heavy (non-hydrogen) atoms. The number of rotatable bonds is 5. The van der Waals surface area contributed by atoms with Crippen LogP contribution < -0.4 is 9.47 Å². The first-order valence-electron chi connectivity index (χ1n) is 6.81. The second-order valence-corrected chi connectivity index (χ2v) is 4.71. The Balaban J connectivity index is 2.19. The number of aliphatic hydroxyl groups is 1. The number of ether oxygens (including phenoxy) is 3. The summed E-state index contributed by atoms with van der Waals surface area (Å²) in [4.78, 5) is 11.3. The van der Waals surface area contributed by atoms with E-state index in [1.54, 1.807) is 18.2 Å². The second-order valence-electron chi connectivity index (χ2n) is 4.71. The van der Waals surface area contributed by atoms with Crippen molar-refractivity contribution >= 4 is 6.16 Å². The number of benzene rings is 2. The predicted octanol–water partition coefficient (Wildman–Crippen LogP) is 3.21.